The molecule has 3 rings (SSSR count). The van der Waals surface area contributed by atoms with Crippen LogP contribution < -0.4 is 5.32 Å². The van der Waals surface area contributed by atoms with E-state index in [1.807, 2.05) is 32.0 Å². The van der Waals surface area contributed by atoms with Gasteiger partial charge in [-0.05, 0) is 51.4 Å². The molecule has 0 aliphatic carbocycles. The highest BCUT2D eigenvalue weighted by Crippen LogP contribution is 2.37. The van der Waals surface area contributed by atoms with Crippen molar-refractivity contribution in [3.05, 3.63) is 50.9 Å². The Balaban J connectivity index is 1.97. The summed E-state index contributed by atoms with van der Waals surface area (Å²) in [7, 11) is 2.06. The lowest BCUT2D eigenvalue weighted by molar-refractivity contribution is 0.0526. The van der Waals surface area contributed by atoms with E-state index in [2.05, 4.69) is 17.3 Å². The van der Waals surface area contributed by atoms with Crippen molar-refractivity contribution in [3.63, 3.8) is 0 Å². The fourth-order valence-corrected chi connectivity index (χ4v) is 4.50. The first-order valence-corrected chi connectivity index (χ1v) is 9.61. The number of amides is 1. The van der Waals surface area contributed by atoms with E-state index >= 15 is 0 Å². The van der Waals surface area contributed by atoms with Gasteiger partial charge in [0.05, 0.1) is 12.2 Å². The van der Waals surface area contributed by atoms with Gasteiger partial charge in [-0.1, -0.05) is 17.7 Å². The Kier molecular flexibility index (Phi) is 5.44. The molecule has 0 spiro atoms. The number of likely N-dealkylation sites (N-methyl/N-ethyl adjacent to an activating group) is 1. The molecule has 138 valence electrons. The quantitative estimate of drug-likeness (QED) is 0.830. The van der Waals surface area contributed by atoms with E-state index in [0.717, 1.165) is 41.1 Å². The second-order valence-corrected chi connectivity index (χ2v) is 7.79. The smallest absolute Gasteiger partial charge is 0.341 e. The average Bonchev–Trinajstić information content (AvgIpc) is 2.94. The fourth-order valence-electron chi connectivity index (χ4n) is 3.19. The van der Waals surface area contributed by atoms with Crippen LogP contribution in [-0.2, 0) is 17.7 Å². The lowest BCUT2D eigenvalue weighted by Gasteiger charge is -2.22. The van der Waals surface area contributed by atoms with Gasteiger partial charge in [0, 0.05) is 23.5 Å². The van der Waals surface area contributed by atoms with Crippen molar-refractivity contribution >= 4 is 28.2 Å². The molecule has 1 N–H and O–H groups in total. The van der Waals surface area contributed by atoms with Gasteiger partial charge in [0.2, 0.25) is 0 Å². The van der Waals surface area contributed by atoms with Crippen molar-refractivity contribution in [1.82, 2.24) is 4.90 Å². The number of rotatable bonds is 4. The molecule has 5 nitrogen and oxygen atoms in total. The predicted molar refractivity (Wildman–Crippen MR) is 104 cm³/mol. The van der Waals surface area contributed by atoms with Gasteiger partial charge in [0.1, 0.15) is 5.00 Å². The Hall–Kier alpha value is -2.18. The van der Waals surface area contributed by atoms with E-state index in [-0.39, 0.29) is 11.9 Å². The zero-order valence-electron chi connectivity index (χ0n) is 15.6. The normalized spacial score (nSPS) is 14.0. The van der Waals surface area contributed by atoms with Crippen LogP contribution in [0.15, 0.2) is 18.2 Å². The molecule has 0 saturated heterocycles. The Morgan fingerprint density at radius 3 is 2.81 bits per heavy atom. The maximum absolute atomic E-state index is 12.8. The molecule has 0 fully saturated rings. The number of ether oxygens (including phenoxy) is 1. The first-order chi connectivity index (χ1) is 12.4. The average molecular weight is 372 g/mol. The number of hydrogen-bond donors (Lipinski definition) is 1. The Bertz CT molecular complexity index is 857. The van der Waals surface area contributed by atoms with E-state index in [4.69, 9.17) is 4.74 Å². The Morgan fingerprint density at radius 1 is 1.31 bits per heavy atom. The molecule has 0 bridgehead atoms. The number of hydrogen-bond acceptors (Lipinski definition) is 5. The zero-order chi connectivity index (χ0) is 18.8. The third kappa shape index (κ3) is 3.66. The minimum Gasteiger partial charge on any atom is -0.462 e. The highest BCUT2D eigenvalue weighted by molar-refractivity contribution is 7.17. The van der Waals surface area contributed by atoms with Crippen LogP contribution >= 0.6 is 11.3 Å². The molecule has 1 aliphatic heterocycles. The summed E-state index contributed by atoms with van der Waals surface area (Å²) in [4.78, 5) is 28.7. The van der Waals surface area contributed by atoms with E-state index in [9.17, 15) is 9.59 Å². The summed E-state index contributed by atoms with van der Waals surface area (Å²) in [5, 5.41) is 3.56. The van der Waals surface area contributed by atoms with Crippen molar-refractivity contribution in [1.29, 1.82) is 0 Å². The van der Waals surface area contributed by atoms with Crippen molar-refractivity contribution < 1.29 is 14.3 Å². The van der Waals surface area contributed by atoms with Crippen LogP contribution in [0.3, 0.4) is 0 Å². The summed E-state index contributed by atoms with van der Waals surface area (Å²) in [5.41, 5.74) is 4.11. The van der Waals surface area contributed by atoms with Gasteiger partial charge >= 0.3 is 5.97 Å². The number of nitrogens with one attached hydrogen (secondary N) is 1. The molecule has 0 saturated carbocycles. The van der Waals surface area contributed by atoms with Gasteiger partial charge in [-0.25, -0.2) is 4.79 Å². The fraction of sp³-hybridized carbons (Fsp3) is 0.400. The molecule has 0 radical (unpaired) electrons. The van der Waals surface area contributed by atoms with Gasteiger partial charge < -0.3 is 15.0 Å². The molecule has 0 unspecified atom stereocenters. The molecule has 0 atom stereocenters. The molecule has 2 heterocycles. The van der Waals surface area contributed by atoms with Gasteiger partial charge in [-0.3, -0.25) is 4.79 Å². The monoisotopic (exact) mass is 372 g/mol. The van der Waals surface area contributed by atoms with Crippen molar-refractivity contribution in [2.24, 2.45) is 0 Å². The predicted octanol–water partition coefficient (Wildman–Crippen LogP) is 3.78. The second kappa shape index (κ2) is 7.60. The molecular weight excluding hydrogens is 348 g/mol. The molecule has 1 amide bonds. The number of carbonyl (C=O) groups is 2. The van der Waals surface area contributed by atoms with Crippen LogP contribution in [-0.4, -0.2) is 37.0 Å². The van der Waals surface area contributed by atoms with Crippen LogP contribution in [0.2, 0.25) is 0 Å². The van der Waals surface area contributed by atoms with Crippen LogP contribution in [0.5, 0.6) is 0 Å². The summed E-state index contributed by atoms with van der Waals surface area (Å²) in [6, 6.07) is 5.79. The maximum atomic E-state index is 12.8. The molecule has 2 aromatic rings. The lowest BCUT2D eigenvalue weighted by Crippen LogP contribution is -2.26. The summed E-state index contributed by atoms with van der Waals surface area (Å²) >= 11 is 1.48. The SMILES string of the molecule is CCOC(=O)c1c(NC(=O)c2cc(C)ccc2C)sc2c1CCN(C)C2. The molecule has 1 aromatic heterocycles. The van der Waals surface area contributed by atoms with Gasteiger partial charge in [0.15, 0.2) is 0 Å². The molecule has 1 aromatic carbocycles. The summed E-state index contributed by atoms with van der Waals surface area (Å²) in [6.07, 6.45) is 0.788. The molecular formula is C20H24N2O3S. The summed E-state index contributed by atoms with van der Waals surface area (Å²) < 4.78 is 5.25. The third-order valence-electron chi connectivity index (χ3n) is 4.59. The maximum Gasteiger partial charge on any atom is 0.341 e. The van der Waals surface area contributed by atoms with E-state index in [1.165, 1.54) is 11.3 Å². The van der Waals surface area contributed by atoms with Crippen molar-refractivity contribution in [2.45, 2.75) is 33.7 Å². The number of nitrogens with zero attached hydrogens (tertiary/aromatic N) is 1. The van der Waals surface area contributed by atoms with Gasteiger partial charge in [-0.15, -0.1) is 11.3 Å². The van der Waals surface area contributed by atoms with Crippen LogP contribution in [0.4, 0.5) is 5.00 Å². The van der Waals surface area contributed by atoms with Gasteiger partial charge in [-0.2, -0.15) is 0 Å². The topological polar surface area (TPSA) is 58.6 Å². The Labute approximate surface area is 158 Å². The largest absolute Gasteiger partial charge is 0.462 e. The summed E-state index contributed by atoms with van der Waals surface area (Å²) in [6.45, 7) is 7.65. The number of benzene rings is 1. The highest BCUT2D eigenvalue weighted by atomic mass is 32.1. The number of fused-ring (bicyclic) bond motifs is 1. The lowest BCUT2D eigenvalue weighted by atomic mass is 10.0. The third-order valence-corrected chi connectivity index (χ3v) is 5.72. The van der Waals surface area contributed by atoms with E-state index < -0.39 is 0 Å². The molecule has 1 aliphatic rings. The number of aryl methyl sites for hydroxylation is 2. The van der Waals surface area contributed by atoms with Crippen molar-refractivity contribution in [2.75, 3.05) is 25.5 Å². The Morgan fingerprint density at radius 2 is 2.08 bits per heavy atom. The number of anilines is 1. The summed E-state index contributed by atoms with van der Waals surface area (Å²) in [5.74, 6) is -0.547. The number of carbonyl (C=O) groups excluding carboxylic acids is 2. The standard InChI is InChI=1S/C20H24N2O3S/c1-5-25-20(24)17-14-8-9-22(4)11-16(14)26-19(17)21-18(23)15-10-12(2)6-7-13(15)3/h6-7,10H,5,8-9,11H2,1-4H3,(H,21,23). The molecule has 26 heavy (non-hydrogen) atoms. The van der Waals surface area contributed by atoms with E-state index in [1.54, 1.807) is 6.92 Å². The minimum absolute atomic E-state index is 0.191. The first kappa shape index (κ1) is 18.6. The number of esters is 1. The second-order valence-electron chi connectivity index (χ2n) is 6.69. The van der Waals surface area contributed by atoms with Crippen molar-refractivity contribution in [3.8, 4) is 0 Å². The first-order valence-electron chi connectivity index (χ1n) is 8.79. The van der Waals surface area contributed by atoms with Gasteiger partial charge in [0.25, 0.3) is 5.91 Å². The van der Waals surface area contributed by atoms with Crippen LogP contribution in [0.25, 0.3) is 0 Å². The van der Waals surface area contributed by atoms with E-state index in [0.29, 0.717) is 22.7 Å². The van der Waals surface area contributed by atoms with Crippen LogP contribution in [0.1, 0.15) is 49.2 Å². The molecule has 6 heteroatoms. The minimum atomic E-state index is -0.356. The zero-order valence-corrected chi connectivity index (χ0v) is 16.5. The number of thiophene rings is 1. The highest BCUT2D eigenvalue weighted by Gasteiger charge is 2.29. The van der Waals surface area contributed by atoms with Crippen LogP contribution in [0, 0.1) is 13.8 Å².